The summed E-state index contributed by atoms with van der Waals surface area (Å²) in [4.78, 5) is 0. The Labute approximate surface area is 95.1 Å². The Morgan fingerprint density at radius 3 is 2.81 bits per heavy atom. The molecule has 1 N–H and O–H groups in total. The molecule has 1 aliphatic rings. The Bertz CT molecular complexity index is 346. The van der Waals surface area contributed by atoms with Gasteiger partial charge in [-0.15, -0.1) is 0 Å². The van der Waals surface area contributed by atoms with Crippen LogP contribution in [0.4, 0.5) is 4.39 Å². The van der Waals surface area contributed by atoms with Gasteiger partial charge < -0.3 is 9.84 Å². The van der Waals surface area contributed by atoms with Gasteiger partial charge in [0.2, 0.25) is 0 Å². The number of aliphatic hydroxyl groups excluding tert-OH is 1. The highest BCUT2D eigenvalue weighted by molar-refractivity contribution is 5.19. The molecule has 1 saturated heterocycles. The van der Waals surface area contributed by atoms with Crippen LogP contribution in [0.2, 0.25) is 0 Å². The van der Waals surface area contributed by atoms with Gasteiger partial charge in [-0.1, -0.05) is 18.2 Å². The van der Waals surface area contributed by atoms with Gasteiger partial charge in [-0.2, -0.15) is 0 Å². The molecule has 0 bridgehead atoms. The molecule has 2 nitrogen and oxygen atoms in total. The second-order valence-electron chi connectivity index (χ2n) is 4.58. The lowest BCUT2D eigenvalue weighted by Crippen LogP contribution is -2.37. The second-order valence-corrected chi connectivity index (χ2v) is 4.58. The maximum Gasteiger partial charge on any atom is 0.126 e. The number of hydrogen-bond donors (Lipinski definition) is 1. The number of hydrogen-bond acceptors (Lipinski definition) is 2. The van der Waals surface area contributed by atoms with Gasteiger partial charge in [0.25, 0.3) is 0 Å². The Morgan fingerprint density at radius 1 is 1.38 bits per heavy atom. The number of ether oxygens (including phenoxy) is 1. The summed E-state index contributed by atoms with van der Waals surface area (Å²) in [7, 11) is 0. The summed E-state index contributed by atoms with van der Waals surface area (Å²) >= 11 is 0. The topological polar surface area (TPSA) is 29.5 Å². The molecule has 0 saturated carbocycles. The van der Waals surface area contributed by atoms with Gasteiger partial charge >= 0.3 is 0 Å². The third-order valence-electron chi connectivity index (χ3n) is 3.26. The van der Waals surface area contributed by atoms with Crippen molar-refractivity contribution in [3.8, 4) is 0 Å². The van der Waals surface area contributed by atoms with Crippen LogP contribution in [-0.4, -0.2) is 24.9 Å². The molecule has 0 aliphatic carbocycles. The fourth-order valence-electron chi connectivity index (χ4n) is 2.28. The van der Waals surface area contributed by atoms with Gasteiger partial charge in [0.15, 0.2) is 0 Å². The molecule has 1 unspecified atom stereocenters. The van der Waals surface area contributed by atoms with E-state index in [4.69, 9.17) is 4.74 Å². The van der Waals surface area contributed by atoms with Crippen LogP contribution in [0.3, 0.4) is 0 Å². The second kappa shape index (κ2) is 4.93. The maximum atomic E-state index is 13.5. The Morgan fingerprint density at radius 2 is 2.19 bits per heavy atom. The van der Waals surface area contributed by atoms with Gasteiger partial charge in [-0.3, -0.25) is 0 Å². The summed E-state index contributed by atoms with van der Waals surface area (Å²) in [5.41, 5.74) is 0.377. The minimum absolute atomic E-state index is 0.0569. The molecule has 3 heteroatoms. The number of halogens is 1. The first kappa shape index (κ1) is 11.6. The lowest BCUT2D eigenvalue weighted by atomic mass is 9.78. The van der Waals surface area contributed by atoms with E-state index in [1.165, 1.54) is 6.07 Å². The number of rotatable bonds is 3. The highest BCUT2D eigenvalue weighted by Gasteiger charge is 2.33. The Hall–Kier alpha value is -0.930. The Balaban J connectivity index is 2.15. The first-order chi connectivity index (χ1) is 7.76. The molecular formula is C13H17FO2. The van der Waals surface area contributed by atoms with Crippen molar-refractivity contribution >= 4 is 0 Å². The van der Waals surface area contributed by atoms with Gasteiger partial charge in [0.05, 0.1) is 13.2 Å². The molecule has 1 aromatic carbocycles. The zero-order valence-corrected chi connectivity index (χ0v) is 9.29. The molecule has 88 valence electrons. The number of aliphatic hydroxyl groups is 1. The zero-order valence-electron chi connectivity index (χ0n) is 9.29. The zero-order chi connectivity index (χ0) is 11.4. The molecule has 1 aliphatic heterocycles. The molecule has 0 aromatic heterocycles. The molecule has 0 spiro atoms. The van der Waals surface area contributed by atoms with Crippen molar-refractivity contribution < 1.29 is 14.2 Å². The summed E-state index contributed by atoms with van der Waals surface area (Å²) in [6.45, 7) is 1.33. The van der Waals surface area contributed by atoms with E-state index in [2.05, 4.69) is 0 Å². The lowest BCUT2D eigenvalue weighted by Gasteiger charge is -2.35. The minimum Gasteiger partial charge on any atom is -0.396 e. The quantitative estimate of drug-likeness (QED) is 0.852. The molecule has 16 heavy (non-hydrogen) atoms. The van der Waals surface area contributed by atoms with E-state index in [9.17, 15) is 9.50 Å². The standard InChI is InChI=1S/C13H17FO2/c14-12-5-2-1-4-11(12)8-13(9-15)6-3-7-16-10-13/h1-2,4-5,15H,3,6-10H2. The van der Waals surface area contributed by atoms with Gasteiger partial charge in [0.1, 0.15) is 5.82 Å². The molecular weight excluding hydrogens is 207 g/mol. The third-order valence-corrected chi connectivity index (χ3v) is 3.26. The average Bonchev–Trinajstić information content (AvgIpc) is 2.33. The van der Waals surface area contributed by atoms with Gasteiger partial charge in [0, 0.05) is 12.0 Å². The first-order valence-electron chi connectivity index (χ1n) is 5.68. The van der Waals surface area contributed by atoms with Crippen LogP contribution in [-0.2, 0) is 11.2 Å². The molecule has 0 amide bonds. The predicted octanol–water partition coefficient (Wildman–Crippen LogP) is 2.16. The Kier molecular flexibility index (Phi) is 3.56. The van der Waals surface area contributed by atoms with Crippen LogP contribution in [0.25, 0.3) is 0 Å². The molecule has 1 fully saturated rings. The smallest absolute Gasteiger partial charge is 0.126 e. The van der Waals surface area contributed by atoms with Crippen LogP contribution >= 0.6 is 0 Å². The van der Waals surface area contributed by atoms with Crippen molar-refractivity contribution in [3.63, 3.8) is 0 Å². The van der Waals surface area contributed by atoms with Crippen LogP contribution < -0.4 is 0 Å². The van der Waals surface area contributed by atoms with E-state index in [0.717, 1.165) is 19.4 Å². The van der Waals surface area contributed by atoms with Crippen molar-refractivity contribution in [1.82, 2.24) is 0 Å². The fourth-order valence-corrected chi connectivity index (χ4v) is 2.28. The van der Waals surface area contributed by atoms with E-state index in [1.807, 2.05) is 6.07 Å². The highest BCUT2D eigenvalue weighted by Crippen LogP contribution is 2.32. The third kappa shape index (κ3) is 2.42. The summed E-state index contributed by atoms with van der Waals surface area (Å²) in [5, 5.41) is 9.49. The van der Waals surface area contributed by atoms with E-state index < -0.39 is 0 Å². The van der Waals surface area contributed by atoms with Crippen molar-refractivity contribution in [2.75, 3.05) is 19.8 Å². The van der Waals surface area contributed by atoms with E-state index in [1.54, 1.807) is 12.1 Å². The summed E-state index contributed by atoms with van der Waals surface area (Å²) < 4.78 is 18.9. The van der Waals surface area contributed by atoms with Gasteiger partial charge in [-0.05, 0) is 30.9 Å². The van der Waals surface area contributed by atoms with Crippen molar-refractivity contribution in [2.45, 2.75) is 19.3 Å². The summed E-state index contributed by atoms with van der Waals surface area (Å²) in [6, 6.07) is 6.75. The van der Waals surface area contributed by atoms with Gasteiger partial charge in [-0.25, -0.2) is 4.39 Å². The van der Waals surface area contributed by atoms with Crippen LogP contribution in [0.1, 0.15) is 18.4 Å². The van der Waals surface area contributed by atoms with Crippen molar-refractivity contribution in [1.29, 1.82) is 0 Å². The first-order valence-corrected chi connectivity index (χ1v) is 5.68. The monoisotopic (exact) mass is 224 g/mol. The lowest BCUT2D eigenvalue weighted by molar-refractivity contribution is -0.0382. The minimum atomic E-state index is -0.291. The van der Waals surface area contributed by atoms with Crippen LogP contribution in [0, 0.1) is 11.2 Å². The molecule has 1 aromatic rings. The van der Waals surface area contributed by atoms with E-state index in [0.29, 0.717) is 18.6 Å². The summed E-state index contributed by atoms with van der Waals surface area (Å²) in [5.74, 6) is -0.194. The predicted molar refractivity (Wildman–Crippen MR) is 59.7 cm³/mol. The molecule has 1 atom stereocenters. The van der Waals surface area contributed by atoms with Crippen molar-refractivity contribution in [3.05, 3.63) is 35.6 Å². The SMILES string of the molecule is OCC1(Cc2ccccc2F)CCCOC1. The van der Waals surface area contributed by atoms with Crippen LogP contribution in [0.15, 0.2) is 24.3 Å². The highest BCUT2D eigenvalue weighted by atomic mass is 19.1. The average molecular weight is 224 g/mol. The fraction of sp³-hybridized carbons (Fsp3) is 0.538. The molecule has 2 rings (SSSR count). The number of benzene rings is 1. The molecule has 0 radical (unpaired) electrons. The summed E-state index contributed by atoms with van der Waals surface area (Å²) in [6.07, 6.45) is 2.39. The van der Waals surface area contributed by atoms with E-state index >= 15 is 0 Å². The van der Waals surface area contributed by atoms with Crippen molar-refractivity contribution in [2.24, 2.45) is 5.41 Å². The largest absolute Gasteiger partial charge is 0.396 e. The maximum absolute atomic E-state index is 13.5. The van der Waals surface area contributed by atoms with E-state index in [-0.39, 0.29) is 17.8 Å². The normalized spacial score (nSPS) is 25.6. The molecule has 1 heterocycles. The van der Waals surface area contributed by atoms with Crippen LogP contribution in [0.5, 0.6) is 0 Å².